The molecule has 0 bridgehead atoms. The van der Waals surface area contributed by atoms with E-state index in [4.69, 9.17) is 9.15 Å². The van der Waals surface area contributed by atoms with Crippen molar-refractivity contribution in [1.29, 1.82) is 0 Å². The Morgan fingerprint density at radius 2 is 2.00 bits per heavy atom. The third kappa shape index (κ3) is 2.10. The second-order valence-electron chi connectivity index (χ2n) is 5.37. The van der Waals surface area contributed by atoms with E-state index in [1.807, 2.05) is 25.2 Å². The average Bonchev–Trinajstić information content (AvgIpc) is 3.13. The number of rotatable bonds is 3. The summed E-state index contributed by atoms with van der Waals surface area (Å²) in [6.07, 6.45) is 0.986. The highest BCUT2D eigenvalue weighted by atomic mass is 16.5. The normalized spacial score (nSPS) is 14.9. The van der Waals surface area contributed by atoms with Gasteiger partial charge in [0.15, 0.2) is 0 Å². The van der Waals surface area contributed by atoms with E-state index in [-0.39, 0.29) is 6.04 Å². The summed E-state index contributed by atoms with van der Waals surface area (Å²) in [6, 6.07) is 16.7. The molecule has 1 aliphatic heterocycles. The molecular weight excluding hydrogens is 262 g/mol. The molecule has 0 aliphatic carbocycles. The molecule has 0 fully saturated rings. The Labute approximate surface area is 123 Å². The minimum Gasteiger partial charge on any atom is -0.493 e. The lowest BCUT2D eigenvalue weighted by Crippen LogP contribution is -2.17. The summed E-state index contributed by atoms with van der Waals surface area (Å²) in [5, 5.41) is 4.49. The smallest absolute Gasteiger partial charge is 0.134 e. The Hall–Kier alpha value is -2.26. The number of hydrogen-bond donors (Lipinski definition) is 1. The van der Waals surface area contributed by atoms with E-state index in [0.717, 1.165) is 35.5 Å². The van der Waals surface area contributed by atoms with Gasteiger partial charge in [-0.15, -0.1) is 0 Å². The standard InChI is InChI=1S/C18H17NO2/c1-19-18(14-6-7-15-13(10-14)8-9-20-15)17-11-12-4-2-3-5-16(12)21-17/h2-7,10-11,18-19H,8-9H2,1H3. The number of benzene rings is 2. The third-order valence-corrected chi connectivity index (χ3v) is 4.06. The maximum Gasteiger partial charge on any atom is 0.134 e. The van der Waals surface area contributed by atoms with E-state index >= 15 is 0 Å². The molecule has 3 aromatic rings. The van der Waals surface area contributed by atoms with Gasteiger partial charge in [0, 0.05) is 11.8 Å². The van der Waals surface area contributed by atoms with Crippen molar-refractivity contribution in [2.45, 2.75) is 12.5 Å². The zero-order valence-electron chi connectivity index (χ0n) is 11.9. The quantitative estimate of drug-likeness (QED) is 0.794. The first-order valence-electron chi connectivity index (χ1n) is 7.26. The molecule has 1 N–H and O–H groups in total. The van der Waals surface area contributed by atoms with Gasteiger partial charge in [-0.1, -0.05) is 24.3 Å². The Balaban J connectivity index is 1.77. The van der Waals surface area contributed by atoms with Crippen molar-refractivity contribution < 1.29 is 9.15 Å². The molecular formula is C18H17NO2. The lowest BCUT2D eigenvalue weighted by Gasteiger charge is -2.15. The minimum atomic E-state index is 0.0586. The van der Waals surface area contributed by atoms with Crippen LogP contribution < -0.4 is 10.1 Å². The summed E-state index contributed by atoms with van der Waals surface area (Å²) in [7, 11) is 1.96. The van der Waals surface area contributed by atoms with E-state index in [2.05, 4.69) is 35.6 Å². The molecule has 1 unspecified atom stereocenters. The summed E-state index contributed by atoms with van der Waals surface area (Å²) in [6.45, 7) is 0.785. The fourth-order valence-electron chi connectivity index (χ4n) is 3.00. The number of furan rings is 1. The maximum atomic E-state index is 6.00. The molecule has 4 rings (SSSR count). The molecule has 0 saturated heterocycles. The van der Waals surface area contributed by atoms with Gasteiger partial charge < -0.3 is 14.5 Å². The SMILES string of the molecule is CNC(c1ccc2c(c1)CCO2)c1cc2ccccc2o1. The zero-order chi connectivity index (χ0) is 14.2. The van der Waals surface area contributed by atoms with Gasteiger partial charge in [0.2, 0.25) is 0 Å². The number of nitrogens with one attached hydrogen (secondary N) is 1. The van der Waals surface area contributed by atoms with Gasteiger partial charge in [0.1, 0.15) is 17.1 Å². The third-order valence-electron chi connectivity index (χ3n) is 4.06. The molecule has 21 heavy (non-hydrogen) atoms. The van der Waals surface area contributed by atoms with Gasteiger partial charge in [-0.25, -0.2) is 0 Å². The first-order chi connectivity index (χ1) is 10.3. The van der Waals surface area contributed by atoms with Crippen molar-refractivity contribution in [2.24, 2.45) is 0 Å². The average molecular weight is 279 g/mol. The van der Waals surface area contributed by atoms with Gasteiger partial charge in [0.05, 0.1) is 12.6 Å². The lowest BCUT2D eigenvalue weighted by atomic mass is 10.0. The van der Waals surface area contributed by atoms with Crippen molar-refractivity contribution in [2.75, 3.05) is 13.7 Å². The largest absolute Gasteiger partial charge is 0.493 e. The van der Waals surface area contributed by atoms with Crippen LogP contribution in [0, 0.1) is 0 Å². The van der Waals surface area contributed by atoms with Crippen molar-refractivity contribution in [3.63, 3.8) is 0 Å². The fraction of sp³-hybridized carbons (Fsp3) is 0.222. The van der Waals surface area contributed by atoms with Gasteiger partial charge in [0.25, 0.3) is 0 Å². The van der Waals surface area contributed by atoms with Crippen molar-refractivity contribution >= 4 is 11.0 Å². The highest BCUT2D eigenvalue weighted by Crippen LogP contribution is 2.32. The molecule has 1 atom stereocenters. The minimum absolute atomic E-state index is 0.0586. The number of para-hydroxylation sites is 1. The van der Waals surface area contributed by atoms with Gasteiger partial charge in [-0.05, 0) is 42.4 Å². The van der Waals surface area contributed by atoms with Crippen molar-refractivity contribution in [3.8, 4) is 5.75 Å². The van der Waals surface area contributed by atoms with Crippen LogP contribution in [0.3, 0.4) is 0 Å². The summed E-state index contributed by atoms with van der Waals surface area (Å²) >= 11 is 0. The molecule has 1 aromatic heterocycles. The van der Waals surface area contributed by atoms with Crippen LogP contribution in [0.2, 0.25) is 0 Å². The van der Waals surface area contributed by atoms with Gasteiger partial charge in [-0.3, -0.25) is 0 Å². The van der Waals surface area contributed by atoms with Crippen LogP contribution >= 0.6 is 0 Å². The van der Waals surface area contributed by atoms with Crippen LogP contribution in [-0.2, 0) is 6.42 Å². The predicted octanol–water partition coefficient (Wildman–Crippen LogP) is 3.68. The first-order valence-corrected chi connectivity index (χ1v) is 7.26. The Morgan fingerprint density at radius 1 is 1.10 bits per heavy atom. The number of ether oxygens (including phenoxy) is 1. The number of fused-ring (bicyclic) bond motifs is 2. The van der Waals surface area contributed by atoms with Crippen LogP contribution in [0.1, 0.15) is 22.9 Å². The van der Waals surface area contributed by atoms with Gasteiger partial charge >= 0.3 is 0 Å². The van der Waals surface area contributed by atoms with E-state index in [0.29, 0.717) is 0 Å². The second-order valence-corrected chi connectivity index (χ2v) is 5.37. The maximum absolute atomic E-state index is 6.00. The predicted molar refractivity (Wildman–Crippen MR) is 82.8 cm³/mol. The molecule has 2 heterocycles. The number of hydrogen-bond acceptors (Lipinski definition) is 3. The summed E-state index contributed by atoms with van der Waals surface area (Å²) in [5.74, 6) is 1.95. The topological polar surface area (TPSA) is 34.4 Å². The van der Waals surface area contributed by atoms with Crippen molar-refractivity contribution in [3.05, 3.63) is 65.4 Å². The highest BCUT2D eigenvalue weighted by molar-refractivity contribution is 5.78. The highest BCUT2D eigenvalue weighted by Gasteiger charge is 2.20. The van der Waals surface area contributed by atoms with Crippen LogP contribution in [0.15, 0.2) is 52.9 Å². The lowest BCUT2D eigenvalue weighted by molar-refractivity contribution is 0.356. The van der Waals surface area contributed by atoms with Crippen LogP contribution in [-0.4, -0.2) is 13.7 Å². The summed E-state index contributed by atoms with van der Waals surface area (Å²) in [4.78, 5) is 0. The molecule has 2 aromatic carbocycles. The van der Waals surface area contributed by atoms with E-state index in [1.54, 1.807) is 0 Å². The summed E-state index contributed by atoms with van der Waals surface area (Å²) < 4.78 is 11.6. The molecule has 0 spiro atoms. The Kier molecular flexibility index (Phi) is 2.93. The zero-order valence-corrected chi connectivity index (χ0v) is 11.9. The van der Waals surface area contributed by atoms with Crippen LogP contribution in [0.4, 0.5) is 0 Å². The molecule has 0 saturated carbocycles. The molecule has 0 amide bonds. The molecule has 1 aliphatic rings. The van der Waals surface area contributed by atoms with Crippen molar-refractivity contribution in [1.82, 2.24) is 5.32 Å². The first kappa shape index (κ1) is 12.5. The van der Waals surface area contributed by atoms with E-state index in [1.165, 1.54) is 11.1 Å². The van der Waals surface area contributed by atoms with E-state index in [9.17, 15) is 0 Å². The van der Waals surface area contributed by atoms with Crippen LogP contribution in [0.25, 0.3) is 11.0 Å². The Morgan fingerprint density at radius 3 is 2.86 bits per heavy atom. The Bertz CT molecular complexity index is 758. The van der Waals surface area contributed by atoms with Gasteiger partial charge in [-0.2, -0.15) is 0 Å². The molecule has 106 valence electrons. The second kappa shape index (κ2) is 4.93. The monoisotopic (exact) mass is 279 g/mol. The van der Waals surface area contributed by atoms with E-state index < -0.39 is 0 Å². The molecule has 3 nitrogen and oxygen atoms in total. The molecule has 3 heteroatoms. The van der Waals surface area contributed by atoms with Crippen LogP contribution in [0.5, 0.6) is 5.75 Å². The molecule has 0 radical (unpaired) electrons. The fourth-order valence-corrected chi connectivity index (χ4v) is 3.00. The summed E-state index contributed by atoms with van der Waals surface area (Å²) in [5.41, 5.74) is 3.42.